The molecule has 0 bridgehead atoms. The number of nitrogens with one attached hydrogen (secondary N) is 1. The average molecular weight is 342 g/mol. The molecule has 0 radical (unpaired) electrons. The predicted octanol–water partition coefficient (Wildman–Crippen LogP) is 3.76. The van der Waals surface area contributed by atoms with Gasteiger partial charge in [0.2, 0.25) is 0 Å². The van der Waals surface area contributed by atoms with E-state index in [1.54, 1.807) is 43.6 Å². The molecular weight excluding hydrogens is 332 g/mol. The van der Waals surface area contributed by atoms with Crippen LogP contribution in [0.5, 0.6) is 5.75 Å². The number of ether oxygens (including phenoxy) is 1. The van der Waals surface area contributed by atoms with E-state index in [1.807, 2.05) is 0 Å². The first-order chi connectivity index (χ1) is 9.11. The van der Waals surface area contributed by atoms with Crippen LogP contribution in [-0.4, -0.2) is 18.0 Å². The van der Waals surface area contributed by atoms with E-state index in [-0.39, 0.29) is 11.1 Å². The van der Waals surface area contributed by atoms with Crippen LogP contribution in [0, 0.1) is 0 Å². The monoisotopic (exact) mass is 340 g/mol. The number of methoxy groups -OCH3 is 1. The molecule has 6 heteroatoms. The summed E-state index contributed by atoms with van der Waals surface area (Å²) in [6.07, 6.45) is 1.56. The lowest BCUT2D eigenvalue weighted by Gasteiger charge is -2.08. The van der Waals surface area contributed by atoms with Crippen molar-refractivity contribution in [3.63, 3.8) is 0 Å². The Hall–Kier alpha value is -1.59. The van der Waals surface area contributed by atoms with Crippen molar-refractivity contribution in [3.8, 4) is 5.75 Å². The summed E-state index contributed by atoms with van der Waals surface area (Å²) in [5.74, 6) is 0.397. The molecule has 19 heavy (non-hydrogen) atoms. The van der Waals surface area contributed by atoms with Gasteiger partial charge in [-0.3, -0.25) is 4.79 Å². The molecular formula is C13H10BrClN2O2. The Labute approximate surface area is 123 Å². The van der Waals surface area contributed by atoms with E-state index in [2.05, 4.69) is 26.2 Å². The number of carbonyl (C=O) groups excluding carboxylic acids is 1. The number of aromatic nitrogens is 1. The minimum atomic E-state index is -0.266. The number of hydrogen-bond acceptors (Lipinski definition) is 3. The molecule has 0 aliphatic heterocycles. The number of pyridine rings is 1. The van der Waals surface area contributed by atoms with Crippen LogP contribution in [0.1, 0.15) is 10.4 Å². The SMILES string of the molecule is COc1ccc(C(=O)Nc2cccnc2Cl)cc1Br. The minimum Gasteiger partial charge on any atom is -0.496 e. The maximum Gasteiger partial charge on any atom is 0.255 e. The second-order valence-electron chi connectivity index (χ2n) is 3.65. The van der Waals surface area contributed by atoms with Gasteiger partial charge in [0, 0.05) is 11.8 Å². The van der Waals surface area contributed by atoms with Crippen molar-refractivity contribution in [1.82, 2.24) is 4.98 Å². The second kappa shape index (κ2) is 6.04. The van der Waals surface area contributed by atoms with Gasteiger partial charge < -0.3 is 10.1 Å². The lowest BCUT2D eigenvalue weighted by molar-refractivity contribution is 0.102. The second-order valence-corrected chi connectivity index (χ2v) is 4.86. The van der Waals surface area contributed by atoms with Gasteiger partial charge in [-0.15, -0.1) is 0 Å². The number of hydrogen-bond donors (Lipinski definition) is 1. The zero-order chi connectivity index (χ0) is 13.8. The van der Waals surface area contributed by atoms with Crippen LogP contribution in [-0.2, 0) is 0 Å². The number of halogens is 2. The van der Waals surface area contributed by atoms with E-state index in [1.165, 1.54) is 0 Å². The lowest BCUT2D eigenvalue weighted by atomic mass is 10.2. The van der Waals surface area contributed by atoms with Crippen LogP contribution in [0.2, 0.25) is 5.15 Å². The summed E-state index contributed by atoms with van der Waals surface area (Å²) in [5, 5.41) is 2.95. The van der Waals surface area contributed by atoms with Crippen LogP contribution >= 0.6 is 27.5 Å². The Morgan fingerprint density at radius 1 is 1.42 bits per heavy atom. The smallest absolute Gasteiger partial charge is 0.255 e. The first-order valence-corrected chi connectivity index (χ1v) is 6.54. The maximum absolute atomic E-state index is 12.1. The molecule has 1 aromatic carbocycles. The Morgan fingerprint density at radius 2 is 2.21 bits per heavy atom. The summed E-state index contributed by atoms with van der Waals surface area (Å²) in [4.78, 5) is 16.0. The standard InChI is InChI=1S/C13H10BrClN2O2/c1-19-11-5-4-8(7-9(11)14)13(18)17-10-3-2-6-16-12(10)15/h2-7H,1H3,(H,17,18). The highest BCUT2D eigenvalue weighted by molar-refractivity contribution is 9.10. The molecule has 0 saturated carbocycles. The van der Waals surface area contributed by atoms with E-state index in [4.69, 9.17) is 16.3 Å². The highest BCUT2D eigenvalue weighted by atomic mass is 79.9. The van der Waals surface area contributed by atoms with Crippen molar-refractivity contribution in [3.05, 3.63) is 51.7 Å². The molecule has 0 spiro atoms. The van der Waals surface area contributed by atoms with Crippen LogP contribution in [0.15, 0.2) is 41.0 Å². The topological polar surface area (TPSA) is 51.2 Å². The number of carbonyl (C=O) groups is 1. The number of nitrogens with zero attached hydrogens (tertiary/aromatic N) is 1. The molecule has 0 aliphatic rings. The molecule has 0 saturated heterocycles. The van der Waals surface area contributed by atoms with E-state index in [0.717, 1.165) is 0 Å². The summed E-state index contributed by atoms with van der Waals surface area (Å²) in [5.41, 5.74) is 0.966. The molecule has 2 aromatic rings. The maximum atomic E-state index is 12.1. The molecule has 1 heterocycles. The highest BCUT2D eigenvalue weighted by Crippen LogP contribution is 2.26. The van der Waals surface area contributed by atoms with Gasteiger partial charge in [0.15, 0.2) is 5.15 Å². The zero-order valence-corrected chi connectivity index (χ0v) is 12.3. The highest BCUT2D eigenvalue weighted by Gasteiger charge is 2.10. The van der Waals surface area contributed by atoms with Crippen molar-refractivity contribution in [2.45, 2.75) is 0 Å². The number of amides is 1. The molecule has 1 N–H and O–H groups in total. The summed E-state index contributed by atoms with van der Waals surface area (Å²) in [6.45, 7) is 0. The molecule has 1 aromatic heterocycles. The van der Waals surface area contributed by atoms with Gasteiger partial charge in [0.1, 0.15) is 5.75 Å². The Morgan fingerprint density at radius 3 is 2.84 bits per heavy atom. The predicted molar refractivity (Wildman–Crippen MR) is 77.9 cm³/mol. The summed E-state index contributed by atoms with van der Waals surface area (Å²) < 4.78 is 5.82. The van der Waals surface area contributed by atoms with Crippen molar-refractivity contribution in [2.75, 3.05) is 12.4 Å². The molecule has 4 nitrogen and oxygen atoms in total. The van der Waals surface area contributed by atoms with E-state index >= 15 is 0 Å². The van der Waals surface area contributed by atoms with Crippen molar-refractivity contribution in [1.29, 1.82) is 0 Å². The summed E-state index contributed by atoms with van der Waals surface area (Å²) in [6, 6.07) is 8.45. The number of rotatable bonds is 3. The largest absolute Gasteiger partial charge is 0.496 e. The van der Waals surface area contributed by atoms with Crippen LogP contribution in [0.25, 0.3) is 0 Å². The molecule has 0 atom stereocenters. The van der Waals surface area contributed by atoms with Crippen molar-refractivity contribution < 1.29 is 9.53 Å². The zero-order valence-electron chi connectivity index (χ0n) is 9.98. The van der Waals surface area contributed by atoms with Gasteiger partial charge >= 0.3 is 0 Å². The molecule has 2 rings (SSSR count). The van der Waals surface area contributed by atoms with Gasteiger partial charge in [-0.1, -0.05) is 11.6 Å². The van der Waals surface area contributed by atoms with Gasteiger partial charge in [-0.25, -0.2) is 4.98 Å². The third-order valence-electron chi connectivity index (χ3n) is 2.42. The fourth-order valence-electron chi connectivity index (χ4n) is 1.48. The molecule has 0 fully saturated rings. The van der Waals surface area contributed by atoms with E-state index < -0.39 is 0 Å². The minimum absolute atomic E-state index is 0.253. The van der Waals surface area contributed by atoms with Gasteiger partial charge in [0.25, 0.3) is 5.91 Å². The quantitative estimate of drug-likeness (QED) is 0.865. The normalized spacial score (nSPS) is 10.1. The first-order valence-electron chi connectivity index (χ1n) is 5.37. The van der Waals surface area contributed by atoms with Gasteiger partial charge in [-0.05, 0) is 46.3 Å². The van der Waals surface area contributed by atoms with E-state index in [0.29, 0.717) is 21.5 Å². The van der Waals surface area contributed by atoms with Crippen LogP contribution < -0.4 is 10.1 Å². The van der Waals surface area contributed by atoms with Crippen LogP contribution in [0.3, 0.4) is 0 Å². The van der Waals surface area contributed by atoms with Crippen molar-refractivity contribution >= 4 is 39.1 Å². The van der Waals surface area contributed by atoms with Gasteiger partial charge in [-0.2, -0.15) is 0 Å². The molecule has 0 unspecified atom stereocenters. The van der Waals surface area contributed by atoms with E-state index in [9.17, 15) is 4.79 Å². The third-order valence-corrected chi connectivity index (χ3v) is 3.34. The third kappa shape index (κ3) is 3.24. The van der Waals surface area contributed by atoms with Crippen LogP contribution in [0.4, 0.5) is 5.69 Å². The number of benzene rings is 1. The summed E-state index contributed by atoms with van der Waals surface area (Å²) in [7, 11) is 1.56. The average Bonchev–Trinajstić information content (AvgIpc) is 2.41. The molecule has 1 amide bonds. The number of anilines is 1. The van der Waals surface area contributed by atoms with Crippen molar-refractivity contribution in [2.24, 2.45) is 0 Å². The summed E-state index contributed by atoms with van der Waals surface area (Å²) >= 11 is 9.21. The Kier molecular flexibility index (Phi) is 4.39. The fourth-order valence-corrected chi connectivity index (χ4v) is 2.19. The Balaban J connectivity index is 2.21. The molecule has 0 aliphatic carbocycles. The Bertz CT molecular complexity index is 619. The lowest BCUT2D eigenvalue weighted by Crippen LogP contribution is -2.12. The first kappa shape index (κ1) is 13.8. The fraction of sp³-hybridized carbons (Fsp3) is 0.0769. The molecule has 98 valence electrons. The van der Waals surface area contributed by atoms with Gasteiger partial charge in [0.05, 0.1) is 17.3 Å².